The highest BCUT2D eigenvalue weighted by Gasteiger charge is 2.23. The Hall–Kier alpha value is -0.0800. The first kappa shape index (κ1) is 14.3. The highest BCUT2D eigenvalue weighted by molar-refractivity contribution is 4.82. The Bertz CT molecular complexity index is 211. The van der Waals surface area contributed by atoms with Crippen molar-refractivity contribution in [3.8, 4) is 0 Å². The summed E-state index contributed by atoms with van der Waals surface area (Å²) in [6, 6.07) is 2.13. The molecular formula is C16H32N2. The van der Waals surface area contributed by atoms with Crippen molar-refractivity contribution in [1.29, 1.82) is 0 Å². The standard InChI is InChI=1S/C16H32N2/c1-13(12-16-10-4-3-7-11-17-16)18-14(2)15-8-5-6-9-15/h13-18H,3-12H2,1-2H3/t13?,14-,16?/m1/s1. The van der Waals surface area contributed by atoms with Gasteiger partial charge in [0.2, 0.25) is 0 Å². The maximum Gasteiger partial charge on any atom is 0.00817 e. The molecule has 2 aliphatic rings. The van der Waals surface area contributed by atoms with E-state index >= 15 is 0 Å². The Kier molecular flexibility index (Phi) is 5.97. The van der Waals surface area contributed by atoms with Crippen LogP contribution in [-0.2, 0) is 0 Å². The van der Waals surface area contributed by atoms with Gasteiger partial charge in [-0.25, -0.2) is 0 Å². The minimum Gasteiger partial charge on any atom is -0.314 e. The molecule has 2 nitrogen and oxygen atoms in total. The van der Waals surface area contributed by atoms with Crippen LogP contribution in [0.25, 0.3) is 0 Å². The van der Waals surface area contributed by atoms with E-state index in [1.165, 1.54) is 64.3 Å². The molecule has 0 aromatic carbocycles. The molecule has 0 radical (unpaired) electrons. The van der Waals surface area contributed by atoms with Gasteiger partial charge in [0.25, 0.3) is 0 Å². The summed E-state index contributed by atoms with van der Waals surface area (Å²) in [5, 5.41) is 7.56. The Morgan fingerprint density at radius 3 is 2.50 bits per heavy atom. The second-order valence-electron chi connectivity index (χ2n) is 6.64. The fourth-order valence-corrected chi connectivity index (χ4v) is 3.84. The van der Waals surface area contributed by atoms with E-state index in [0.717, 1.165) is 12.0 Å². The van der Waals surface area contributed by atoms with Gasteiger partial charge in [0.05, 0.1) is 0 Å². The first-order valence-electron chi connectivity index (χ1n) is 8.25. The van der Waals surface area contributed by atoms with Crippen molar-refractivity contribution < 1.29 is 0 Å². The molecule has 2 fully saturated rings. The van der Waals surface area contributed by atoms with Gasteiger partial charge in [0.15, 0.2) is 0 Å². The van der Waals surface area contributed by atoms with E-state index in [0.29, 0.717) is 12.1 Å². The molecule has 0 spiro atoms. The zero-order valence-electron chi connectivity index (χ0n) is 12.4. The van der Waals surface area contributed by atoms with Gasteiger partial charge >= 0.3 is 0 Å². The summed E-state index contributed by atoms with van der Waals surface area (Å²) >= 11 is 0. The summed E-state index contributed by atoms with van der Waals surface area (Å²) in [5.41, 5.74) is 0. The largest absolute Gasteiger partial charge is 0.314 e. The van der Waals surface area contributed by atoms with Crippen LogP contribution in [0.3, 0.4) is 0 Å². The molecule has 1 heterocycles. The fraction of sp³-hybridized carbons (Fsp3) is 1.00. The maximum absolute atomic E-state index is 3.85. The molecule has 0 aromatic heterocycles. The second-order valence-corrected chi connectivity index (χ2v) is 6.64. The molecule has 0 bridgehead atoms. The van der Waals surface area contributed by atoms with Crippen LogP contribution in [0, 0.1) is 5.92 Å². The number of hydrogen-bond donors (Lipinski definition) is 2. The molecule has 2 rings (SSSR count). The average molecular weight is 252 g/mol. The van der Waals surface area contributed by atoms with Crippen molar-refractivity contribution in [2.24, 2.45) is 5.92 Å². The third-order valence-corrected chi connectivity index (χ3v) is 4.95. The molecule has 1 saturated heterocycles. The normalized spacial score (nSPS) is 30.0. The van der Waals surface area contributed by atoms with E-state index in [1.54, 1.807) is 0 Å². The van der Waals surface area contributed by atoms with Crippen molar-refractivity contribution in [1.82, 2.24) is 10.6 Å². The minimum absolute atomic E-state index is 0.663. The topological polar surface area (TPSA) is 24.1 Å². The third-order valence-electron chi connectivity index (χ3n) is 4.95. The lowest BCUT2D eigenvalue weighted by molar-refractivity contribution is 0.318. The monoisotopic (exact) mass is 252 g/mol. The van der Waals surface area contributed by atoms with Crippen LogP contribution in [0.5, 0.6) is 0 Å². The summed E-state index contributed by atoms with van der Waals surface area (Å²) in [5.74, 6) is 0.939. The van der Waals surface area contributed by atoms with E-state index in [4.69, 9.17) is 0 Å². The lowest BCUT2D eigenvalue weighted by Gasteiger charge is -2.27. The van der Waals surface area contributed by atoms with Gasteiger partial charge in [-0.2, -0.15) is 0 Å². The average Bonchev–Trinajstić information content (AvgIpc) is 2.76. The molecule has 1 aliphatic carbocycles. The van der Waals surface area contributed by atoms with Gasteiger partial charge < -0.3 is 10.6 Å². The van der Waals surface area contributed by atoms with E-state index in [-0.39, 0.29) is 0 Å². The first-order valence-corrected chi connectivity index (χ1v) is 8.25. The highest BCUT2D eigenvalue weighted by Crippen LogP contribution is 2.27. The Morgan fingerprint density at radius 2 is 1.72 bits per heavy atom. The van der Waals surface area contributed by atoms with E-state index in [1.807, 2.05) is 0 Å². The van der Waals surface area contributed by atoms with Crippen LogP contribution in [-0.4, -0.2) is 24.7 Å². The molecule has 18 heavy (non-hydrogen) atoms. The summed E-state index contributed by atoms with van der Waals surface area (Å²) in [4.78, 5) is 0. The van der Waals surface area contributed by atoms with Gasteiger partial charge in [-0.3, -0.25) is 0 Å². The van der Waals surface area contributed by atoms with E-state index in [2.05, 4.69) is 24.5 Å². The number of hydrogen-bond acceptors (Lipinski definition) is 2. The van der Waals surface area contributed by atoms with Gasteiger partial charge in [-0.05, 0) is 58.4 Å². The van der Waals surface area contributed by atoms with Crippen molar-refractivity contribution in [2.45, 2.75) is 89.8 Å². The molecule has 3 atom stereocenters. The molecule has 1 saturated carbocycles. The van der Waals surface area contributed by atoms with Crippen molar-refractivity contribution in [3.63, 3.8) is 0 Å². The van der Waals surface area contributed by atoms with Gasteiger partial charge in [0.1, 0.15) is 0 Å². The van der Waals surface area contributed by atoms with Gasteiger partial charge in [-0.15, -0.1) is 0 Å². The summed E-state index contributed by atoms with van der Waals surface area (Å²) in [6.45, 7) is 6.00. The zero-order chi connectivity index (χ0) is 12.8. The molecule has 1 aliphatic heterocycles. The second kappa shape index (κ2) is 7.49. The van der Waals surface area contributed by atoms with Crippen LogP contribution in [0.1, 0.15) is 71.6 Å². The quantitative estimate of drug-likeness (QED) is 0.783. The Balaban J connectivity index is 1.68. The van der Waals surface area contributed by atoms with Gasteiger partial charge in [0, 0.05) is 18.1 Å². The highest BCUT2D eigenvalue weighted by atomic mass is 15.0. The van der Waals surface area contributed by atoms with Crippen LogP contribution in [0.2, 0.25) is 0 Å². The van der Waals surface area contributed by atoms with Crippen LogP contribution < -0.4 is 10.6 Å². The predicted molar refractivity (Wildman–Crippen MR) is 78.9 cm³/mol. The summed E-state index contributed by atoms with van der Waals surface area (Å²) in [7, 11) is 0. The fourth-order valence-electron chi connectivity index (χ4n) is 3.84. The molecule has 2 N–H and O–H groups in total. The predicted octanol–water partition coefficient (Wildman–Crippen LogP) is 3.47. The first-order chi connectivity index (χ1) is 8.75. The Labute approximate surface area is 113 Å². The molecular weight excluding hydrogens is 220 g/mol. The zero-order valence-corrected chi connectivity index (χ0v) is 12.4. The Morgan fingerprint density at radius 1 is 1.00 bits per heavy atom. The minimum atomic E-state index is 0.663. The van der Waals surface area contributed by atoms with E-state index in [9.17, 15) is 0 Å². The lowest BCUT2D eigenvalue weighted by Crippen LogP contribution is -2.42. The lowest BCUT2D eigenvalue weighted by atomic mass is 9.97. The summed E-state index contributed by atoms with van der Waals surface area (Å²) in [6.07, 6.45) is 12.7. The number of nitrogens with one attached hydrogen (secondary N) is 2. The van der Waals surface area contributed by atoms with E-state index < -0.39 is 0 Å². The van der Waals surface area contributed by atoms with Crippen molar-refractivity contribution >= 4 is 0 Å². The molecule has 2 unspecified atom stereocenters. The van der Waals surface area contributed by atoms with Crippen molar-refractivity contribution in [2.75, 3.05) is 6.54 Å². The molecule has 0 amide bonds. The van der Waals surface area contributed by atoms with Crippen LogP contribution in [0.4, 0.5) is 0 Å². The van der Waals surface area contributed by atoms with Gasteiger partial charge in [-0.1, -0.05) is 25.7 Å². The van der Waals surface area contributed by atoms with Crippen LogP contribution in [0.15, 0.2) is 0 Å². The summed E-state index contributed by atoms with van der Waals surface area (Å²) < 4.78 is 0. The molecule has 2 heteroatoms. The molecule has 0 aromatic rings. The number of rotatable bonds is 5. The van der Waals surface area contributed by atoms with Crippen molar-refractivity contribution in [3.05, 3.63) is 0 Å². The molecule has 106 valence electrons. The smallest absolute Gasteiger partial charge is 0.00817 e. The SMILES string of the molecule is CC(CC1CCCCCN1)N[C@H](C)C1CCCC1. The third kappa shape index (κ3) is 4.55. The maximum atomic E-state index is 3.85. The van der Waals surface area contributed by atoms with Crippen LogP contribution >= 0.6 is 0 Å².